The zero-order valence-electron chi connectivity index (χ0n) is 17.1. The van der Waals surface area contributed by atoms with Crippen LogP contribution in [0.2, 0.25) is 0 Å². The van der Waals surface area contributed by atoms with Gasteiger partial charge in [-0.25, -0.2) is 9.37 Å². The molecular formula is C25H21FN2O2S. The van der Waals surface area contributed by atoms with E-state index in [9.17, 15) is 9.18 Å². The van der Waals surface area contributed by atoms with Crippen LogP contribution in [0.3, 0.4) is 0 Å². The van der Waals surface area contributed by atoms with Crippen LogP contribution in [0.15, 0.2) is 78.2 Å². The molecule has 1 N–H and O–H groups in total. The van der Waals surface area contributed by atoms with Crippen LogP contribution in [0.25, 0.3) is 21.8 Å². The van der Waals surface area contributed by atoms with Gasteiger partial charge in [0, 0.05) is 16.5 Å². The fourth-order valence-electron chi connectivity index (χ4n) is 3.15. The molecule has 0 saturated heterocycles. The Kier molecular flexibility index (Phi) is 6.09. The third kappa shape index (κ3) is 4.81. The molecule has 0 spiro atoms. The number of aryl methyl sites for hydroxylation is 1. The van der Waals surface area contributed by atoms with Crippen molar-refractivity contribution in [1.29, 1.82) is 0 Å². The number of hydrogen-bond donors (Lipinski definition) is 1. The third-order valence-electron chi connectivity index (χ3n) is 4.74. The van der Waals surface area contributed by atoms with Gasteiger partial charge in [-0.2, -0.15) is 0 Å². The first-order valence-corrected chi connectivity index (χ1v) is 10.7. The van der Waals surface area contributed by atoms with Crippen LogP contribution in [0.1, 0.15) is 12.5 Å². The number of halogens is 1. The van der Waals surface area contributed by atoms with Gasteiger partial charge >= 0.3 is 0 Å². The molecule has 4 nitrogen and oxygen atoms in total. The summed E-state index contributed by atoms with van der Waals surface area (Å²) in [6, 6.07) is 21.5. The molecule has 1 atom stereocenters. The second-order valence-electron chi connectivity index (χ2n) is 7.13. The summed E-state index contributed by atoms with van der Waals surface area (Å²) >= 11 is 1.36. The molecule has 0 bridgehead atoms. The molecule has 0 aliphatic carbocycles. The van der Waals surface area contributed by atoms with E-state index in [0.717, 1.165) is 11.1 Å². The second-order valence-corrected chi connectivity index (χ2v) is 7.99. The Morgan fingerprint density at radius 1 is 1.03 bits per heavy atom. The maximum Gasteiger partial charge on any atom is 0.265 e. The molecule has 0 radical (unpaired) electrons. The highest BCUT2D eigenvalue weighted by Gasteiger charge is 2.18. The summed E-state index contributed by atoms with van der Waals surface area (Å²) in [7, 11) is 0. The summed E-state index contributed by atoms with van der Waals surface area (Å²) in [5.74, 6) is 0.0654. The molecule has 4 rings (SSSR count). The van der Waals surface area contributed by atoms with Crippen LogP contribution in [0.4, 0.5) is 10.1 Å². The lowest BCUT2D eigenvalue weighted by Gasteiger charge is -2.16. The van der Waals surface area contributed by atoms with E-state index in [1.807, 2.05) is 60.8 Å². The van der Waals surface area contributed by atoms with Crippen LogP contribution in [0, 0.1) is 12.7 Å². The molecule has 6 heteroatoms. The van der Waals surface area contributed by atoms with Crippen molar-refractivity contribution in [2.75, 3.05) is 5.32 Å². The van der Waals surface area contributed by atoms with E-state index in [0.29, 0.717) is 27.7 Å². The van der Waals surface area contributed by atoms with Gasteiger partial charge in [0.05, 0.1) is 11.4 Å². The molecule has 1 amide bonds. The van der Waals surface area contributed by atoms with E-state index in [4.69, 9.17) is 4.74 Å². The van der Waals surface area contributed by atoms with Gasteiger partial charge in [-0.05, 0) is 49.7 Å². The zero-order chi connectivity index (χ0) is 21.8. The molecule has 0 aliphatic rings. The third-order valence-corrected chi connectivity index (χ3v) is 5.62. The number of rotatable bonds is 6. The largest absolute Gasteiger partial charge is 0.481 e. The number of thiazole rings is 1. The number of benzene rings is 3. The molecule has 0 aliphatic heterocycles. The summed E-state index contributed by atoms with van der Waals surface area (Å²) in [5, 5.41) is 5.38. The molecule has 1 aromatic heterocycles. The predicted molar refractivity (Wildman–Crippen MR) is 123 cm³/mol. The Morgan fingerprint density at radius 2 is 1.77 bits per heavy atom. The van der Waals surface area contributed by atoms with E-state index in [2.05, 4.69) is 10.3 Å². The van der Waals surface area contributed by atoms with Crippen molar-refractivity contribution in [2.24, 2.45) is 0 Å². The highest BCUT2D eigenvalue weighted by molar-refractivity contribution is 7.13. The minimum absolute atomic E-state index is 0.265. The Hall–Kier alpha value is -3.51. The standard InChI is InChI=1S/C25H21FN2O2S/c1-16-8-7-9-18(14-16)30-17(2)24(29)27-22-13-6-4-11-20(22)23-15-31-25(28-23)19-10-3-5-12-21(19)26/h3-15,17H,1-2H3,(H,27,29). The fraction of sp³-hybridized carbons (Fsp3) is 0.120. The van der Waals surface area contributed by atoms with Crippen LogP contribution in [-0.4, -0.2) is 17.0 Å². The number of carbonyl (C=O) groups is 1. The number of nitrogens with zero attached hydrogens (tertiary/aromatic N) is 1. The van der Waals surface area contributed by atoms with Crippen LogP contribution in [-0.2, 0) is 4.79 Å². The van der Waals surface area contributed by atoms with Gasteiger partial charge in [0.25, 0.3) is 5.91 Å². The number of hydrogen-bond acceptors (Lipinski definition) is 4. The quantitative estimate of drug-likeness (QED) is 0.387. The summed E-state index contributed by atoms with van der Waals surface area (Å²) in [4.78, 5) is 17.4. The van der Waals surface area contributed by atoms with Gasteiger partial charge in [-0.3, -0.25) is 4.79 Å². The van der Waals surface area contributed by atoms with Crippen molar-refractivity contribution in [3.05, 3.63) is 89.6 Å². The van der Waals surface area contributed by atoms with Crippen molar-refractivity contribution in [1.82, 2.24) is 4.98 Å². The van der Waals surface area contributed by atoms with Gasteiger partial charge in [0.15, 0.2) is 6.10 Å². The van der Waals surface area contributed by atoms with Gasteiger partial charge in [-0.15, -0.1) is 11.3 Å². The first-order valence-electron chi connectivity index (χ1n) is 9.85. The van der Waals surface area contributed by atoms with E-state index in [1.54, 1.807) is 25.1 Å². The monoisotopic (exact) mass is 432 g/mol. The first kappa shape index (κ1) is 20.8. The number of para-hydroxylation sites is 1. The SMILES string of the molecule is Cc1cccc(OC(C)C(=O)Nc2ccccc2-c2csc(-c3ccccc3F)n2)c1. The molecule has 1 heterocycles. The van der Waals surface area contributed by atoms with Gasteiger partial charge in [0.1, 0.15) is 16.6 Å². The van der Waals surface area contributed by atoms with E-state index in [1.165, 1.54) is 17.4 Å². The normalized spacial score (nSPS) is 11.7. The van der Waals surface area contributed by atoms with Gasteiger partial charge in [-0.1, -0.05) is 42.5 Å². The summed E-state index contributed by atoms with van der Waals surface area (Å²) in [5.41, 5.74) is 3.58. The number of carbonyl (C=O) groups excluding carboxylic acids is 1. The maximum atomic E-state index is 14.1. The number of aromatic nitrogens is 1. The smallest absolute Gasteiger partial charge is 0.265 e. The first-order chi connectivity index (χ1) is 15.0. The number of anilines is 1. The minimum atomic E-state index is -0.681. The van der Waals surface area contributed by atoms with Crippen LogP contribution >= 0.6 is 11.3 Å². The Balaban J connectivity index is 1.54. The highest BCUT2D eigenvalue weighted by atomic mass is 32.1. The second kappa shape index (κ2) is 9.10. The Morgan fingerprint density at radius 3 is 2.55 bits per heavy atom. The highest BCUT2D eigenvalue weighted by Crippen LogP contribution is 2.33. The summed E-state index contributed by atoms with van der Waals surface area (Å²) in [6.07, 6.45) is -0.681. The van der Waals surface area contributed by atoms with Gasteiger partial charge in [0.2, 0.25) is 0 Å². The lowest BCUT2D eigenvalue weighted by molar-refractivity contribution is -0.122. The topological polar surface area (TPSA) is 51.2 Å². The van der Waals surface area contributed by atoms with E-state index in [-0.39, 0.29) is 11.7 Å². The van der Waals surface area contributed by atoms with Crippen molar-refractivity contribution in [3.63, 3.8) is 0 Å². The summed E-state index contributed by atoms with van der Waals surface area (Å²) in [6.45, 7) is 3.68. The van der Waals surface area contributed by atoms with Crippen molar-refractivity contribution in [2.45, 2.75) is 20.0 Å². The number of nitrogens with one attached hydrogen (secondary N) is 1. The molecular weight excluding hydrogens is 411 g/mol. The molecule has 0 saturated carbocycles. The lowest BCUT2D eigenvalue weighted by Crippen LogP contribution is -2.30. The maximum absolute atomic E-state index is 14.1. The molecule has 156 valence electrons. The average molecular weight is 433 g/mol. The number of amides is 1. The predicted octanol–water partition coefficient (Wildman–Crippen LogP) is 6.33. The van der Waals surface area contributed by atoms with E-state index >= 15 is 0 Å². The van der Waals surface area contributed by atoms with Crippen molar-refractivity contribution < 1.29 is 13.9 Å². The molecule has 31 heavy (non-hydrogen) atoms. The fourth-order valence-corrected chi connectivity index (χ4v) is 4.00. The van der Waals surface area contributed by atoms with Crippen molar-refractivity contribution >= 4 is 22.9 Å². The molecule has 0 fully saturated rings. The zero-order valence-corrected chi connectivity index (χ0v) is 17.9. The Bertz CT molecular complexity index is 1220. The van der Waals surface area contributed by atoms with Crippen molar-refractivity contribution in [3.8, 4) is 27.6 Å². The molecule has 4 aromatic rings. The minimum Gasteiger partial charge on any atom is -0.481 e. The average Bonchev–Trinajstić information content (AvgIpc) is 3.24. The molecule has 3 aromatic carbocycles. The molecule has 1 unspecified atom stereocenters. The Labute approximate surface area is 184 Å². The van der Waals surface area contributed by atoms with Crippen LogP contribution < -0.4 is 10.1 Å². The number of ether oxygens (including phenoxy) is 1. The van der Waals surface area contributed by atoms with E-state index < -0.39 is 6.10 Å². The summed E-state index contributed by atoms with van der Waals surface area (Å²) < 4.78 is 19.9. The van der Waals surface area contributed by atoms with Gasteiger partial charge < -0.3 is 10.1 Å². The lowest BCUT2D eigenvalue weighted by atomic mass is 10.1. The van der Waals surface area contributed by atoms with Crippen LogP contribution in [0.5, 0.6) is 5.75 Å².